The Balaban J connectivity index is 1.90. The number of ether oxygens (including phenoxy) is 3. The van der Waals surface area contributed by atoms with Crippen LogP contribution >= 0.6 is 0 Å². The minimum absolute atomic E-state index is 0.0443. The maximum Gasteiger partial charge on any atom is 0.341 e. The van der Waals surface area contributed by atoms with Crippen LogP contribution in [0, 0.1) is 0 Å². The van der Waals surface area contributed by atoms with Crippen LogP contribution < -0.4 is 10.1 Å². The molecule has 6 heteroatoms. The van der Waals surface area contributed by atoms with Gasteiger partial charge >= 0.3 is 5.97 Å². The van der Waals surface area contributed by atoms with E-state index in [0.717, 1.165) is 12.0 Å². The summed E-state index contributed by atoms with van der Waals surface area (Å²) in [5.41, 5.74) is 1.14. The fraction of sp³-hybridized carbons (Fsp3) is 0.440. The van der Waals surface area contributed by atoms with E-state index < -0.39 is 11.4 Å². The summed E-state index contributed by atoms with van der Waals surface area (Å²) in [5, 5.41) is 3.03. The molecule has 3 rings (SSSR count). The van der Waals surface area contributed by atoms with Crippen molar-refractivity contribution in [3.8, 4) is 5.75 Å². The molecule has 0 aliphatic carbocycles. The average Bonchev–Trinajstić information content (AvgIpc) is 2.81. The summed E-state index contributed by atoms with van der Waals surface area (Å²) in [6.45, 7) is 7.03. The number of esters is 1. The van der Waals surface area contributed by atoms with E-state index in [0.29, 0.717) is 43.1 Å². The molecular formula is C25H31NO5. The second-order valence-corrected chi connectivity index (χ2v) is 7.78. The number of carbonyl (C=O) groups excluding carboxylic acids is 2. The molecule has 1 atom stereocenters. The van der Waals surface area contributed by atoms with Crippen LogP contribution in [0.25, 0.3) is 0 Å². The van der Waals surface area contributed by atoms with Gasteiger partial charge in [-0.25, -0.2) is 4.79 Å². The first-order chi connectivity index (χ1) is 15.0. The molecule has 2 aromatic rings. The van der Waals surface area contributed by atoms with Crippen LogP contribution in [0.1, 0.15) is 56.0 Å². The van der Waals surface area contributed by atoms with Crippen molar-refractivity contribution >= 4 is 17.6 Å². The summed E-state index contributed by atoms with van der Waals surface area (Å²) >= 11 is 0. The Hall–Kier alpha value is -2.86. The lowest BCUT2D eigenvalue weighted by Crippen LogP contribution is -2.44. The zero-order valence-corrected chi connectivity index (χ0v) is 18.5. The first-order valence-electron chi connectivity index (χ1n) is 10.9. The minimum atomic E-state index is -0.671. The first kappa shape index (κ1) is 22.8. The third-order valence-corrected chi connectivity index (χ3v) is 5.74. The number of hydrogen-bond donors (Lipinski definition) is 1. The molecule has 0 spiro atoms. The minimum Gasteiger partial charge on any atom is -0.490 e. The van der Waals surface area contributed by atoms with Gasteiger partial charge in [-0.1, -0.05) is 37.3 Å². The predicted octanol–water partition coefficient (Wildman–Crippen LogP) is 4.73. The van der Waals surface area contributed by atoms with Crippen LogP contribution in [-0.2, 0) is 19.7 Å². The summed E-state index contributed by atoms with van der Waals surface area (Å²) in [6, 6.07) is 14.9. The van der Waals surface area contributed by atoms with Crippen LogP contribution in [0.5, 0.6) is 5.75 Å². The highest BCUT2D eigenvalue weighted by molar-refractivity contribution is 6.01. The molecule has 0 unspecified atom stereocenters. The Morgan fingerprint density at radius 2 is 1.81 bits per heavy atom. The molecule has 1 fully saturated rings. The van der Waals surface area contributed by atoms with Gasteiger partial charge in [-0.2, -0.15) is 0 Å². The number of anilines is 1. The summed E-state index contributed by atoms with van der Waals surface area (Å²) in [7, 11) is 0. The maximum atomic E-state index is 13.5. The largest absolute Gasteiger partial charge is 0.490 e. The van der Waals surface area contributed by atoms with Crippen molar-refractivity contribution in [2.24, 2.45) is 0 Å². The number of amides is 1. The third kappa shape index (κ3) is 5.25. The highest BCUT2D eigenvalue weighted by Gasteiger charge is 2.41. The lowest BCUT2D eigenvalue weighted by molar-refractivity contribution is -0.125. The van der Waals surface area contributed by atoms with Crippen molar-refractivity contribution < 1.29 is 23.8 Å². The standard InChI is InChI=1S/C25H31NO5/c1-4-18(3)31-22-12-11-20(17-21(22)23(27)30-5-2)26-24(28)25(13-15-29-16-14-25)19-9-7-6-8-10-19/h6-12,17-18H,4-5,13-16H2,1-3H3,(H,26,28)/t18-/m0/s1. The maximum absolute atomic E-state index is 13.5. The molecule has 0 radical (unpaired) electrons. The SMILES string of the molecule is CCOC(=O)c1cc(NC(=O)C2(c3ccccc3)CCOCC2)ccc1O[C@@H](C)CC. The van der Waals surface area contributed by atoms with Crippen molar-refractivity contribution in [2.45, 2.75) is 51.6 Å². The normalized spacial score (nSPS) is 16.2. The summed E-state index contributed by atoms with van der Waals surface area (Å²) in [6.07, 6.45) is 1.96. The van der Waals surface area contributed by atoms with Crippen molar-refractivity contribution in [3.63, 3.8) is 0 Å². The fourth-order valence-electron chi connectivity index (χ4n) is 3.75. The van der Waals surface area contributed by atoms with Gasteiger partial charge in [-0.3, -0.25) is 4.79 Å². The van der Waals surface area contributed by atoms with E-state index in [2.05, 4.69) is 5.32 Å². The van der Waals surface area contributed by atoms with Crippen LogP contribution in [-0.4, -0.2) is 37.8 Å². The highest BCUT2D eigenvalue weighted by atomic mass is 16.5. The lowest BCUT2D eigenvalue weighted by atomic mass is 9.73. The number of carbonyl (C=O) groups is 2. The lowest BCUT2D eigenvalue weighted by Gasteiger charge is -2.36. The van der Waals surface area contributed by atoms with Gasteiger partial charge in [-0.15, -0.1) is 0 Å². The van der Waals surface area contributed by atoms with Crippen molar-refractivity contribution in [2.75, 3.05) is 25.1 Å². The monoisotopic (exact) mass is 425 g/mol. The molecular weight excluding hydrogens is 394 g/mol. The van der Waals surface area contributed by atoms with E-state index >= 15 is 0 Å². The zero-order chi connectivity index (χ0) is 22.3. The van der Waals surface area contributed by atoms with Crippen LogP contribution in [0.15, 0.2) is 48.5 Å². The van der Waals surface area contributed by atoms with Gasteiger partial charge in [0, 0.05) is 18.9 Å². The van der Waals surface area contributed by atoms with Gasteiger partial charge in [0.15, 0.2) is 0 Å². The zero-order valence-electron chi connectivity index (χ0n) is 18.5. The van der Waals surface area contributed by atoms with Crippen molar-refractivity contribution in [3.05, 3.63) is 59.7 Å². The average molecular weight is 426 g/mol. The second-order valence-electron chi connectivity index (χ2n) is 7.78. The molecule has 1 heterocycles. The van der Waals surface area contributed by atoms with Gasteiger partial charge in [0.1, 0.15) is 11.3 Å². The van der Waals surface area contributed by atoms with Gasteiger partial charge in [0.2, 0.25) is 5.91 Å². The van der Waals surface area contributed by atoms with Gasteiger partial charge in [0.25, 0.3) is 0 Å². The Kier molecular flexibility index (Phi) is 7.69. The molecule has 1 N–H and O–H groups in total. The molecule has 1 aliphatic heterocycles. The molecule has 31 heavy (non-hydrogen) atoms. The first-order valence-corrected chi connectivity index (χ1v) is 10.9. The van der Waals surface area contributed by atoms with Crippen molar-refractivity contribution in [1.82, 2.24) is 0 Å². The molecule has 6 nitrogen and oxygen atoms in total. The Bertz CT molecular complexity index is 890. The smallest absolute Gasteiger partial charge is 0.341 e. The van der Waals surface area contributed by atoms with Crippen LogP contribution in [0.4, 0.5) is 5.69 Å². The number of nitrogens with one attached hydrogen (secondary N) is 1. The summed E-state index contributed by atoms with van der Waals surface area (Å²) in [5.74, 6) is -0.122. The molecule has 0 saturated carbocycles. The molecule has 1 amide bonds. The van der Waals surface area contributed by atoms with Crippen molar-refractivity contribution in [1.29, 1.82) is 0 Å². The van der Waals surface area contributed by atoms with E-state index in [1.165, 1.54) is 0 Å². The van der Waals surface area contributed by atoms with Crippen LogP contribution in [0.3, 0.4) is 0 Å². The Morgan fingerprint density at radius 1 is 1.10 bits per heavy atom. The number of hydrogen-bond acceptors (Lipinski definition) is 5. The van der Waals surface area contributed by atoms with Gasteiger partial charge < -0.3 is 19.5 Å². The molecule has 0 bridgehead atoms. The molecule has 1 saturated heterocycles. The summed E-state index contributed by atoms with van der Waals surface area (Å²) < 4.78 is 16.6. The Morgan fingerprint density at radius 3 is 2.45 bits per heavy atom. The van der Waals surface area contributed by atoms with E-state index in [4.69, 9.17) is 14.2 Å². The fourth-order valence-corrected chi connectivity index (χ4v) is 3.75. The molecule has 0 aromatic heterocycles. The van der Waals surface area contributed by atoms with E-state index in [9.17, 15) is 9.59 Å². The summed E-state index contributed by atoms with van der Waals surface area (Å²) in [4.78, 5) is 26.0. The van der Waals surface area contributed by atoms with E-state index in [1.807, 2.05) is 44.2 Å². The van der Waals surface area contributed by atoms with Gasteiger partial charge in [-0.05, 0) is 56.9 Å². The topological polar surface area (TPSA) is 73.9 Å². The van der Waals surface area contributed by atoms with E-state index in [1.54, 1.807) is 25.1 Å². The molecule has 166 valence electrons. The van der Waals surface area contributed by atoms with Gasteiger partial charge in [0.05, 0.1) is 18.1 Å². The quantitative estimate of drug-likeness (QED) is 0.619. The molecule has 2 aromatic carbocycles. The van der Waals surface area contributed by atoms with Crippen LogP contribution in [0.2, 0.25) is 0 Å². The highest BCUT2D eigenvalue weighted by Crippen LogP contribution is 2.36. The Labute approximate surface area is 183 Å². The van der Waals surface area contributed by atoms with E-state index in [-0.39, 0.29) is 18.6 Å². The molecule has 1 aliphatic rings. The number of benzene rings is 2. The third-order valence-electron chi connectivity index (χ3n) is 5.74. The second kappa shape index (κ2) is 10.4. The predicted molar refractivity (Wildman–Crippen MR) is 120 cm³/mol. The number of rotatable bonds is 8.